The number of carbonyl (C=O) groups excluding carboxylic acids is 1. The first-order chi connectivity index (χ1) is 8.13. The normalized spacial score (nSPS) is 12.1. The first-order valence-electron chi connectivity index (χ1n) is 5.92. The van der Waals surface area contributed by atoms with Gasteiger partial charge in [0.2, 0.25) is 5.91 Å². The van der Waals surface area contributed by atoms with E-state index in [9.17, 15) is 9.90 Å². The maximum Gasteiger partial charge on any atom is 0.220 e. The second-order valence-corrected chi connectivity index (χ2v) is 4.13. The van der Waals surface area contributed by atoms with Gasteiger partial charge in [0.1, 0.15) is 5.75 Å². The summed E-state index contributed by atoms with van der Waals surface area (Å²) < 4.78 is 0. The van der Waals surface area contributed by atoms with E-state index < -0.39 is 0 Å². The predicted molar refractivity (Wildman–Crippen MR) is 67.6 cm³/mol. The van der Waals surface area contributed by atoms with Crippen molar-refractivity contribution in [1.29, 1.82) is 0 Å². The number of nitrogens with one attached hydrogen (secondary N) is 1. The van der Waals surface area contributed by atoms with Crippen LogP contribution in [-0.2, 0) is 4.79 Å². The lowest BCUT2D eigenvalue weighted by atomic mass is 10.1. The number of nitrogens with two attached hydrogens (primary N) is 1. The molecule has 0 aromatic heterocycles. The fourth-order valence-electron chi connectivity index (χ4n) is 1.62. The summed E-state index contributed by atoms with van der Waals surface area (Å²) in [6, 6.07) is 6.82. The minimum absolute atomic E-state index is 0.0225. The van der Waals surface area contributed by atoms with Gasteiger partial charge in [0.15, 0.2) is 0 Å². The standard InChI is InChI=1S/C13H20N2O2/c1-10(11-5-4-6-12(16)9-11)15-13(17)7-2-3-8-14/h4-6,9-10,16H,2-3,7-8,14H2,1H3,(H,15,17). The van der Waals surface area contributed by atoms with Crippen LogP contribution >= 0.6 is 0 Å². The first kappa shape index (κ1) is 13.5. The van der Waals surface area contributed by atoms with Crippen LogP contribution in [0.25, 0.3) is 0 Å². The third-order valence-corrected chi connectivity index (χ3v) is 2.61. The van der Waals surface area contributed by atoms with Crippen molar-refractivity contribution in [3.05, 3.63) is 29.8 Å². The zero-order valence-corrected chi connectivity index (χ0v) is 10.1. The van der Waals surface area contributed by atoms with Gasteiger partial charge in [-0.3, -0.25) is 4.79 Å². The molecule has 1 atom stereocenters. The van der Waals surface area contributed by atoms with Crippen molar-refractivity contribution in [2.45, 2.75) is 32.2 Å². The molecule has 0 fully saturated rings. The van der Waals surface area contributed by atoms with Crippen molar-refractivity contribution in [1.82, 2.24) is 5.32 Å². The van der Waals surface area contributed by atoms with Crippen molar-refractivity contribution >= 4 is 5.91 Å². The highest BCUT2D eigenvalue weighted by Gasteiger charge is 2.09. The van der Waals surface area contributed by atoms with Crippen LogP contribution in [0, 0.1) is 0 Å². The van der Waals surface area contributed by atoms with Crippen molar-refractivity contribution < 1.29 is 9.90 Å². The van der Waals surface area contributed by atoms with E-state index in [2.05, 4.69) is 5.32 Å². The van der Waals surface area contributed by atoms with Crippen LogP contribution < -0.4 is 11.1 Å². The molecule has 0 aliphatic rings. The Balaban J connectivity index is 2.43. The van der Waals surface area contributed by atoms with Gasteiger partial charge in [0.05, 0.1) is 6.04 Å². The largest absolute Gasteiger partial charge is 0.508 e. The van der Waals surface area contributed by atoms with Crippen LogP contribution in [0.1, 0.15) is 37.8 Å². The number of benzene rings is 1. The lowest BCUT2D eigenvalue weighted by molar-refractivity contribution is -0.121. The summed E-state index contributed by atoms with van der Waals surface area (Å²) in [5.74, 6) is 0.237. The molecule has 4 nitrogen and oxygen atoms in total. The number of carbonyl (C=O) groups is 1. The van der Waals surface area contributed by atoms with E-state index in [1.165, 1.54) is 0 Å². The van der Waals surface area contributed by atoms with E-state index in [0.717, 1.165) is 18.4 Å². The van der Waals surface area contributed by atoms with Gasteiger partial charge in [-0.2, -0.15) is 0 Å². The molecule has 0 spiro atoms. The Kier molecular flexibility index (Phi) is 5.49. The Morgan fingerprint density at radius 2 is 2.24 bits per heavy atom. The summed E-state index contributed by atoms with van der Waals surface area (Å²) in [6.45, 7) is 2.52. The highest BCUT2D eigenvalue weighted by molar-refractivity contribution is 5.76. The lowest BCUT2D eigenvalue weighted by Gasteiger charge is -2.14. The van der Waals surface area contributed by atoms with Gasteiger partial charge >= 0.3 is 0 Å². The molecule has 1 aromatic rings. The first-order valence-corrected chi connectivity index (χ1v) is 5.92. The number of rotatable bonds is 6. The van der Waals surface area contributed by atoms with E-state index >= 15 is 0 Å². The molecule has 0 aliphatic carbocycles. The summed E-state index contributed by atoms with van der Waals surface area (Å²) in [7, 11) is 0. The van der Waals surface area contributed by atoms with Gasteiger partial charge < -0.3 is 16.2 Å². The molecular formula is C13H20N2O2. The number of unbranched alkanes of at least 4 members (excludes halogenated alkanes) is 1. The molecule has 0 bridgehead atoms. The van der Waals surface area contributed by atoms with Gasteiger partial charge in [0.25, 0.3) is 0 Å². The molecule has 1 rings (SSSR count). The third kappa shape index (κ3) is 4.87. The minimum atomic E-state index is -0.0903. The summed E-state index contributed by atoms with van der Waals surface area (Å²) >= 11 is 0. The smallest absolute Gasteiger partial charge is 0.220 e. The van der Waals surface area contributed by atoms with E-state index in [4.69, 9.17) is 5.73 Å². The highest BCUT2D eigenvalue weighted by Crippen LogP contribution is 2.17. The molecule has 0 aliphatic heterocycles. The molecule has 0 heterocycles. The van der Waals surface area contributed by atoms with Crippen LogP contribution in [0.3, 0.4) is 0 Å². The molecule has 0 saturated heterocycles. The van der Waals surface area contributed by atoms with Crippen molar-refractivity contribution in [2.75, 3.05) is 6.54 Å². The molecule has 4 heteroatoms. The highest BCUT2D eigenvalue weighted by atomic mass is 16.3. The number of phenolic OH excluding ortho intramolecular Hbond substituents is 1. The van der Waals surface area contributed by atoms with E-state index in [-0.39, 0.29) is 17.7 Å². The molecule has 0 saturated carbocycles. The maximum absolute atomic E-state index is 11.6. The predicted octanol–water partition coefficient (Wildman–Crippen LogP) is 1.70. The number of aromatic hydroxyl groups is 1. The molecule has 0 radical (unpaired) electrons. The summed E-state index contributed by atoms with van der Waals surface area (Å²) in [6.07, 6.45) is 2.18. The number of hydrogen-bond acceptors (Lipinski definition) is 3. The second-order valence-electron chi connectivity index (χ2n) is 4.13. The number of amides is 1. The topological polar surface area (TPSA) is 75.4 Å². The van der Waals surface area contributed by atoms with Gasteiger partial charge in [-0.25, -0.2) is 0 Å². The fourth-order valence-corrected chi connectivity index (χ4v) is 1.62. The van der Waals surface area contributed by atoms with Crippen LogP contribution in [0.15, 0.2) is 24.3 Å². The van der Waals surface area contributed by atoms with Crippen LogP contribution in [0.5, 0.6) is 5.75 Å². The number of phenols is 1. The monoisotopic (exact) mass is 236 g/mol. The molecule has 1 amide bonds. The van der Waals surface area contributed by atoms with E-state index in [1.54, 1.807) is 18.2 Å². The van der Waals surface area contributed by atoms with Crippen LogP contribution in [-0.4, -0.2) is 17.6 Å². The zero-order chi connectivity index (χ0) is 12.7. The van der Waals surface area contributed by atoms with Crippen LogP contribution in [0.4, 0.5) is 0 Å². The third-order valence-electron chi connectivity index (χ3n) is 2.61. The average molecular weight is 236 g/mol. The maximum atomic E-state index is 11.6. The van der Waals surface area contributed by atoms with Crippen molar-refractivity contribution in [3.8, 4) is 5.75 Å². The van der Waals surface area contributed by atoms with Crippen molar-refractivity contribution in [2.24, 2.45) is 5.73 Å². The van der Waals surface area contributed by atoms with Gasteiger partial charge in [-0.05, 0) is 44.0 Å². The van der Waals surface area contributed by atoms with Gasteiger partial charge in [-0.1, -0.05) is 12.1 Å². The Morgan fingerprint density at radius 1 is 1.47 bits per heavy atom. The number of hydrogen-bond donors (Lipinski definition) is 3. The molecule has 1 unspecified atom stereocenters. The summed E-state index contributed by atoms with van der Waals surface area (Å²) in [4.78, 5) is 11.6. The Labute approximate surface area is 102 Å². The van der Waals surface area contributed by atoms with Gasteiger partial charge in [0, 0.05) is 6.42 Å². The molecule has 4 N–H and O–H groups in total. The Bertz CT molecular complexity index is 366. The Morgan fingerprint density at radius 3 is 2.88 bits per heavy atom. The van der Waals surface area contributed by atoms with Crippen molar-refractivity contribution in [3.63, 3.8) is 0 Å². The SMILES string of the molecule is CC(NC(=O)CCCCN)c1cccc(O)c1. The molecule has 94 valence electrons. The molecule has 1 aromatic carbocycles. The van der Waals surface area contributed by atoms with Gasteiger partial charge in [-0.15, -0.1) is 0 Å². The zero-order valence-electron chi connectivity index (χ0n) is 10.1. The quantitative estimate of drug-likeness (QED) is 0.658. The second kappa shape index (κ2) is 6.91. The van der Waals surface area contributed by atoms with Crippen LogP contribution in [0.2, 0.25) is 0 Å². The summed E-state index contributed by atoms with van der Waals surface area (Å²) in [5, 5.41) is 12.2. The minimum Gasteiger partial charge on any atom is -0.508 e. The molecule has 17 heavy (non-hydrogen) atoms. The average Bonchev–Trinajstić information content (AvgIpc) is 2.29. The molecular weight excluding hydrogens is 216 g/mol. The van der Waals surface area contributed by atoms with E-state index in [1.807, 2.05) is 13.0 Å². The fraction of sp³-hybridized carbons (Fsp3) is 0.462. The van der Waals surface area contributed by atoms with E-state index in [0.29, 0.717) is 13.0 Å². The lowest BCUT2D eigenvalue weighted by Crippen LogP contribution is -2.26. The summed E-state index contributed by atoms with van der Waals surface area (Å²) in [5.41, 5.74) is 6.26. The Hall–Kier alpha value is -1.55.